The highest BCUT2D eigenvalue weighted by Gasteiger charge is 2.26. The van der Waals surface area contributed by atoms with E-state index in [1.54, 1.807) is 25.1 Å². The van der Waals surface area contributed by atoms with E-state index in [2.05, 4.69) is 5.32 Å². The number of carbonyl (C=O) groups excluding carboxylic acids is 2. The second-order valence-corrected chi connectivity index (χ2v) is 8.67. The van der Waals surface area contributed by atoms with Gasteiger partial charge in [-0.3, -0.25) is 4.79 Å². The monoisotopic (exact) mass is 399 g/mol. The Morgan fingerprint density at radius 2 is 1.96 bits per heavy atom. The van der Waals surface area contributed by atoms with Crippen LogP contribution in [0.2, 0.25) is 0 Å². The first kappa shape index (κ1) is 21.1. The zero-order valence-electron chi connectivity index (χ0n) is 15.9. The van der Waals surface area contributed by atoms with Crippen molar-refractivity contribution in [1.29, 1.82) is 0 Å². The molecule has 0 bridgehead atoms. The maximum atomic E-state index is 12.3. The first-order chi connectivity index (χ1) is 12.6. The molecule has 0 aromatic heterocycles. The van der Waals surface area contributed by atoms with Crippen LogP contribution in [-0.2, 0) is 29.1 Å². The predicted molar refractivity (Wildman–Crippen MR) is 100 cm³/mol. The normalized spacial score (nSPS) is 17.0. The second-order valence-electron chi connectivity index (χ2n) is 6.52. The van der Waals surface area contributed by atoms with Gasteiger partial charge in [-0.1, -0.05) is 0 Å². The number of nitrogens with one attached hydrogen (secondary N) is 1. The summed E-state index contributed by atoms with van der Waals surface area (Å²) in [5.74, 6) is -1.14. The third-order valence-corrected chi connectivity index (χ3v) is 5.85. The molecule has 1 heterocycles. The van der Waals surface area contributed by atoms with Crippen LogP contribution in [0.3, 0.4) is 0 Å². The molecule has 1 aliphatic rings. The number of rotatable bonds is 7. The molecule has 1 saturated heterocycles. The molecule has 1 aromatic carbocycles. The Labute approximate surface area is 159 Å². The summed E-state index contributed by atoms with van der Waals surface area (Å²) in [6.45, 7) is 0.0293. The van der Waals surface area contributed by atoms with Crippen molar-refractivity contribution in [3.8, 4) is 0 Å². The molecule has 1 aromatic rings. The molecule has 0 aliphatic carbocycles. The van der Waals surface area contributed by atoms with Crippen LogP contribution in [-0.4, -0.2) is 72.1 Å². The molecule has 10 heteroatoms. The molecule has 2 rings (SSSR count). The first-order valence-electron chi connectivity index (χ1n) is 8.45. The summed E-state index contributed by atoms with van der Waals surface area (Å²) >= 11 is 0. The van der Waals surface area contributed by atoms with Crippen LogP contribution in [0.15, 0.2) is 23.1 Å². The molecule has 9 nitrogen and oxygen atoms in total. The van der Waals surface area contributed by atoms with E-state index in [0.717, 1.165) is 10.7 Å². The Kier molecular flexibility index (Phi) is 6.79. The van der Waals surface area contributed by atoms with Crippen molar-refractivity contribution in [2.24, 2.45) is 0 Å². The number of nitrogens with zero attached hydrogens (tertiary/aromatic N) is 2. The molecular formula is C17H25N3O6S. The van der Waals surface area contributed by atoms with Gasteiger partial charge < -0.3 is 19.7 Å². The van der Waals surface area contributed by atoms with Gasteiger partial charge in [-0.15, -0.1) is 0 Å². The highest BCUT2D eigenvalue weighted by molar-refractivity contribution is 7.89. The summed E-state index contributed by atoms with van der Waals surface area (Å²) in [7, 11) is 2.74. The average Bonchev–Trinajstić information content (AvgIpc) is 3.14. The predicted octanol–water partition coefficient (Wildman–Crippen LogP) is 0.664. The van der Waals surface area contributed by atoms with Crippen molar-refractivity contribution in [1.82, 2.24) is 4.31 Å². The van der Waals surface area contributed by atoms with Gasteiger partial charge >= 0.3 is 5.97 Å². The molecule has 1 atom stereocenters. The number of benzene rings is 1. The number of sulfonamides is 1. The number of hydrogen-bond donors (Lipinski definition) is 1. The molecule has 1 aliphatic heterocycles. The van der Waals surface area contributed by atoms with Crippen LogP contribution in [0.5, 0.6) is 0 Å². The van der Waals surface area contributed by atoms with E-state index >= 15 is 0 Å². The number of anilines is 2. The van der Waals surface area contributed by atoms with Crippen molar-refractivity contribution in [3.05, 3.63) is 18.2 Å². The van der Waals surface area contributed by atoms with E-state index in [-0.39, 0.29) is 4.90 Å². The minimum atomic E-state index is -3.65. The fourth-order valence-corrected chi connectivity index (χ4v) is 3.48. The van der Waals surface area contributed by atoms with Gasteiger partial charge in [0.15, 0.2) is 12.7 Å². The Hall–Kier alpha value is -2.17. The maximum Gasteiger partial charge on any atom is 0.335 e. The quantitative estimate of drug-likeness (QED) is 0.672. The van der Waals surface area contributed by atoms with Gasteiger partial charge in [-0.2, -0.15) is 0 Å². The number of amides is 1. The van der Waals surface area contributed by atoms with E-state index in [4.69, 9.17) is 9.47 Å². The minimum Gasteiger partial charge on any atom is -0.454 e. The summed E-state index contributed by atoms with van der Waals surface area (Å²) in [4.78, 5) is 25.8. The Bertz CT molecular complexity index is 801. The second kappa shape index (κ2) is 8.68. The molecule has 1 fully saturated rings. The van der Waals surface area contributed by atoms with Crippen molar-refractivity contribution in [3.63, 3.8) is 0 Å². The van der Waals surface area contributed by atoms with Crippen LogP contribution in [0.1, 0.15) is 12.8 Å². The van der Waals surface area contributed by atoms with Crippen molar-refractivity contribution in [2.45, 2.75) is 23.8 Å². The number of esters is 1. The smallest absolute Gasteiger partial charge is 0.335 e. The van der Waals surface area contributed by atoms with Crippen LogP contribution in [0.25, 0.3) is 0 Å². The highest BCUT2D eigenvalue weighted by Crippen LogP contribution is 2.28. The zero-order chi connectivity index (χ0) is 20.2. The summed E-state index contributed by atoms with van der Waals surface area (Å²) in [5.41, 5.74) is 0.924. The van der Waals surface area contributed by atoms with Crippen molar-refractivity contribution in [2.75, 3.05) is 51.6 Å². The molecule has 150 valence electrons. The SMILES string of the molecule is CN(C)c1ccc(S(=O)(=O)N(C)C)cc1NC(=O)COC(=O)[C@@H]1CCCO1. The van der Waals surface area contributed by atoms with Crippen molar-refractivity contribution >= 4 is 33.3 Å². The molecule has 1 amide bonds. The maximum absolute atomic E-state index is 12.3. The Morgan fingerprint density at radius 3 is 2.52 bits per heavy atom. The molecule has 0 saturated carbocycles. The van der Waals surface area contributed by atoms with E-state index in [0.29, 0.717) is 24.4 Å². The lowest BCUT2D eigenvalue weighted by molar-refractivity contribution is -0.156. The number of hydrogen-bond acceptors (Lipinski definition) is 7. The van der Waals surface area contributed by atoms with Gasteiger partial charge in [0.1, 0.15) is 0 Å². The van der Waals surface area contributed by atoms with Crippen LogP contribution in [0, 0.1) is 0 Å². The van der Waals surface area contributed by atoms with Crippen LogP contribution in [0.4, 0.5) is 11.4 Å². The molecule has 0 spiro atoms. The van der Waals surface area contributed by atoms with Gasteiger partial charge in [-0.25, -0.2) is 17.5 Å². The fraction of sp³-hybridized carbons (Fsp3) is 0.529. The zero-order valence-corrected chi connectivity index (χ0v) is 16.7. The van der Waals surface area contributed by atoms with Crippen molar-refractivity contribution < 1.29 is 27.5 Å². The summed E-state index contributed by atoms with van der Waals surface area (Å²) < 4.78 is 35.9. The minimum absolute atomic E-state index is 0.0461. The topological polar surface area (TPSA) is 105 Å². The first-order valence-corrected chi connectivity index (χ1v) is 9.89. The van der Waals surface area contributed by atoms with E-state index in [1.165, 1.54) is 26.2 Å². The van der Waals surface area contributed by atoms with E-state index in [9.17, 15) is 18.0 Å². The van der Waals surface area contributed by atoms with Gasteiger partial charge in [0.05, 0.1) is 16.3 Å². The Balaban J connectivity index is 2.12. The molecule has 27 heavy (non-hydrogen) atoms. The Morgan fingerprint density at radius 1 is 1.26 bits per heavy atom. The van der Waals surface area contributed by atoms with Crippen LogP contribution >= 0.6 is 0 Å². The van der Waals surface area contributed by atoms with Crippen LogP contribution < -0.4 is 10.2 Å². The van der Waals surface area contributed by atoms with Gasteiger partial charge in [-0.05, 0) is 31.0 Å². The standard InChI is InChI=1S/C17H25N3O6S/c1-19(2)14-8-7-12(27(23,24)20(3)4)10-13(14)18-16(21)11-26-17(22)15-6-5-9-25-15/h7-8,10,15H,5-6,9,11H2,1-4H3,(H,18,21)/t15-/m0/s1. The summed E-state index contributed by atoms with van der Waals surface area (Å²) in [6, 6.07) is 4.45. The largest absolute Gasteiger partial charge is 0.454 e. The summed E-state index contributed by atoms with van der Waals surface area (Å²) in [5, 5.41) is 2.61. The highest BCUT2D eigenvalue weighted by atomic mass is 32.2. The number of carbonyl (C=O) groups is 2. The molecule has 0 unspecified atom stereocenters. The van der Waals surface area contributed by atoms with Gasteiger partial charge in [0.2, 0.25) is 10.0 Å². The average molecular weight is 399 g/mol. The summed E-state index contributed by atoms with van der Waals surface area (Å²) in [6.07, 6.45) is 0.740. The fourth-order valence-electron chi connectivity index (χ4n) is 2.56. The van der Waals surface area contributed by atoms with Gasteiger partial charge in [0, 0.05) is 34.8 Å². The molecule has 1 N–H and O–H groups in total. The lowest BCUT2D eigenvalue weighted by atomic mass is 10.2. The van der Waals surface area contributed by atoms with E-state index < -0.39 is 34.6 Å². The molecule has 0 radical (unpaired) electrons. The lowest BCUT2D eigenvalue weighted by Gasteiger charge is -2.20. The molecular weight excluding hydrogens is 374 g/mol. The third-order valence-electron chi connectivity index (χ3n) is 4.04. The number of ether oxygens (including phenoxy) is 2. The third kappa shape index (κ3) is 5.18. The van der Waals surface area contributed by atoms with E-state index in [1.807, 2.05) is 0 Å². The van der Waals surface area contributed by atoms with Gasteiger partial charge in [0.25, 0.3) is 5.91 Å². The lowest BCUT2D eigenvalue weighted by Crippen LogP contribution is -2.28.